The summed E-state index contributed by atoms with van der Waals surface area (Å²) in [5.41, 5.74) is 1.47. The van der Waals surface area contributed by atoms with E-state index in [9.17, 15) is 0 Å². The molecule has 0 unspecified atom stereocenters. The molecule has 2 rings (SSSR count). The molecular weight excluding hydrogens is 311 g/mol. The molecule has 0 fully saturated rings. The first-order valence-electron chi connectivity index (χ1n) is 6.42. The number of benzene rings is 1. The maximum Gasteiger partial charge on any atom is 0.162 e. The SMILES string of the molecule is COc1cc(OC)cc(-c2nc(Cl)c(C(C)C)c(Cl)n2)c1. The highest BCUT2D eigenvalue weighted by Gasteiger charge is 2.16. The molecule has 0 atom stereocenters. The number of ether oxygens (including phenoxy) is 2. The summed E-state index contributed by atoms with van der Waals surface area (Å²) in [6, 6.07) is 5.38. The van der Waals surface area contributed by atoms with Gasteiger partial charge < -0.3 is 9.47 Å². The molecule has 0 aliphatic rings. The molecule has 0 N–H and O–H groups in total. The third kappa shape index (κ3) is 3.39. The van der Waals surface area contributed by atoms with E-state index in [0.717, 1.165) is 11.1 Å². The van der Waals surface area contributed by atoms with Crippen molar-refractivity contribution >= 4 is 23.2 Å². The van der Waals surface area contributed by atoms with Crippen LogP contribution in [0.1, 0.15) is 25.3 Å². The Kier molecular flexibility index (Phi) is 4.91. The summed E-state index contributed by atoms with van der Waals surface area (Å²) >= 11 is 12.5. The van der Waals surface area contributed by atoms with Gasteiger partial charge in [0.2, 0.25) is 0 Å². The van der Waals surface area contributed by atoms with Crippen molar-refractivity contribution in [2.75, 3.05) is 14.2 Å². The lowest BCUT2D eigenvalue weighted by Crippen LogP contribution is -2.00. The van der Waals surface area contributed by atoms with Gasteiger partial charge in [0.05, 0.1) is 14.2 Å². The highest BCUT2D eigenvalue weighted by molar-refractivity contribution is 6.34. The quantitative estimate of drug-likeness (QED) is 0.771. The minimum Gasteiger partial charge on any atom is -0.497 e. The minimum absolute atomic E-state index is 0.152. The van der Waals surface area contributed by atoms with E-state index in [2.05, 4.69) is 9.97 Å². The van der Waals surface area contributed by atoms with E-state index in [1.165, 1.54) is 0 Å². The average molecular weight is 327 g/mol. The van der Waals surface area contributed by atoms with E-state index in [4.69, 9.17) is 32.7 Å². The predicted molar refractivity (Wildman–Crippen MR) is 84.7 cm³/mol. The number of methoxy groups -OCH3 is 2. The zero-order valence-corrected chi connectivity index (χ0v) is 13.8. The van der Waals surface area contributed by atoms with Gasteiger partial charge >= 0.3 is 0 Å². The van der Waals surface area contributed by atoms with Crippen LogP contribution in [0.4, 0.5) is 0 Å². The lowest BCUT2D eigenvalue weighted by Gasteiger charge is -2.12. The summed E-state index contributed by atoms with van der Waals surface area (Å²) in [5.74, 6) is 1.88. The van der Waals surface area contributed by atoms with Gasteiger partial charge in [0.25, 0.3) is 0 Å². The molecule has 2 aromatic rings. The molecule has 6 heteroatoms. The number of hydrogen-bond donors (Lipinski definition) is 0. The number of halogens is 2. The Morgan fingerprint density at radius 1 is 0.905 bits per heavy atom. The van der Waals surface area contributed by atoms with Gasteiger partial charge in [-0.3, -0.25) is 0 Å². The molecule has 112 valence electrons. The fourth-order valence-corrected chi connectivity index (χ4v) is 2.78. The van der Waals surface area contributed by atoms with Crippen LogP contribution in [0.2, 0.25) is 10.3 Å². The van der Waals surface area contributed by atoms with Crippen molar-refractivity contribution in [1.82, 2.24) is 9.97 Å². The Bertz CT molecular complexity index is 615. The Labute approximate surface area is 134 Å². The molecule has 21 heavy (non-hydrogen) atoms. The van der Waals surface area contributed by atoms with Crippen LogP contribution in [0.5, 0.6) is 11.5 Å². The van der Waals surface area contributed by atoms with Gasteiger partial charge in [0.1, 0.15) is 21.8 Å². The van der Waals surface area contributed by atoms with Crippen molar-refractivity contribution in [1.29, 1.82) is 0 Å². The fourth-order valence-electron chi connectivity index (χ4n) is 1.96. The standard InChI is InChI=1S/C15H16Cl2N2O2/c1-8(2)12-13(16)18-15(19-14(12)17)9-5-10(20-3)7-11(6-9)21-4/h5-8H,1-4H3. The summed E-state index contributed by atoms with van der Waals surface area (Å²) in [4.78, 5) is 8.67. The molecule has 0 aliphatic heterocycles. The maximum absolute atomic E-state index is 6.23. The van der Waals surface area contributed by atoms with Crippen molar-refractivity contribution in [2.45, 2.75) is 19.8 Å². The highest BCUT2D eigenvalue weighted by atomic mass is 35.5. The fraction of sp³-hybridized carbons (Fsp3) is 0.333. The summed E-state index contributed by atoms with van der Waals surface area (Å²) in [6.45, 7) is 3.98. The number of hydrogen-bond acceptors (Lipinski definition) is 4. The number of nitrogens with zero attached hydrogens (tertiary/aromatic N) is 2. The Morgan fingerprint density at radius 2 is 1.38 bits per heavy atom. The van der Waals surface area contributed by atoms with Crippen LogP contribution in [-0.4, -0.2) is 24.2 Å². The van der Waals surface area contributed by atoms with Crippen molar-refractivity contribution in [3.8, 4) is 22.9 Å². The van der Waals surface area contributed by atoms with Crippen molar-refractivity contribution in [2.24, 2.45) is 0 Å². The highest BCUT2D eigenvalue weighted by Crippen LogP contribution is 2.33. The largest absolute Gasteiger partial charge is 0.497 e. The van der Waals surface area contributed by atoms with Crippen LogP contribution in [0.25, 0.3) is 11.4 Å². The second kappa shape index (κ2) is 6.50. The summed E-state index contributed by atoms with van der Waals surface area (Å²) in [6.07, 6.45) is 0. The molecule has 0 saturated carbocycles. The average Bonchev–Trinajstić information content (AvgIpc) is 2.45. The Balaban J connectivity index is 2.57. The third-order valence-corrected chi connectivity index (χ3v) is 3.62. The van der Waals surface area contributed by atoms with Gasteiger partial charge in [-0.1, -0.05) is 37.0 Å². The molecule has 0 amide bonds. The van der Waals surface area contributed by atoms with Crippen LogP contribution in [-0.2, 0) is 0 Å². The molecule has 4 nitrogen and oxygen atoms in total. The van der Waals surface area contributed by atoms with Crippen LogP contribution < -0.4 is 9.47 Å². The van der Waals surface area contributed by atoms with Crippen molar-refractivity contribution in [3.05, 3.63) is 34.1 Å². The third-order valence-electron chi connectivity index (χ3n) is 3.04. The second-order valence-electron chi connectivity index (χ2n) is 4.80. The van der Waals surface area contributed by atoms with E-state index in [1.54, 1.807) is 32.4 Å². The van der Waals surface area contributed by atoms with Gasteiger partial charge in [-0.25, -0.2) is 9.97 Å². The lowest BCUT2D eigenvalue weighted by molar-refractivity contribution is 0.394. The molecule has 1 aromatic heterocycles. The van der Waals surface area contributed by atoms with E-state index < -0.39 is 0 Å². The van der Waals surface area contributed by atoms with Crippen molar-refractivity contribution < 1.29 is 9.47 Å². The zero-order chi connectivity index (χ0) is 15.6. The molecule has 0 saturated heterocycles. The first kappa shape index (κ1) is 15.9. The minimum atomic E-state index is 0.152. The molecule has 0 spiro atoms. The molecule has 1 heterocycles. The maximum atomic E-state index is 6.23. The molecule has 1 aromatic carbocycles. The Hall–Kier alpha value is -1.52. The van der Waals surface area contributed by atoms with Gasteiger partial charge in [0.15, 0.2) is 5.82 Å². The van der Waals surface area contributed by atoms with Gasteiger partial charge in [-0.05, 0) is 18.1 Å². The van der Waals surface area contributed by atoms with Crippen LogP contribution >= 0.6 is 23.2 Å². The number of rotatable bonds is 4. The normalized spacial score (nSPS) is 10.8. The summed E-state index contributed by atoms with van der Waals surface area (Å²) < 4.78 is 10.5. The summed E-state index contributed by atoms with van der Waals surface area (Å²) in [5, 5.41) is 0.726. The summed E-state index contributed by atoms with van der Waals surface area (Å²) in [7, 11) is 3.17. The lowest BCUT2D eigenvalue weighted by atomic mass is 10.1. The molecule has 0 aliphatic carbocycles. The van der Waals surface area contributed by atoms with Crippen molar-refractivity contribution in [3.63, 3.8) is 0 Å². The van der Waals surface area contributed by atoms with Gasteiger partial charge in [0, 0.05) is 17.2 Å². The van der Waals surface area contributed by atoms with Gasteiger partial charge in [-0.2, -0.15) is 0 Å². The smallest absolute Gasteiger partial charge is 0.162 e. The van der Waals surface area contributed by atoms with Crippen LogP contribution in [0, 0.1) is 0 Å². The van der Waals surface area contributed by atoms with E-state index in [0.29, 0.717) is 27.6 Å². The topological polar surface area (TPSA) is 44.2 Å². The predicted octanol–water partition coefficient (Wildman–Crippen LogP) is 4.59. The second-order valence-corrected chi connectivity index (χ2v) is 5.51. The van der Waals surface area contributed by atoms with Crippen LogP contribution in [0.15, 0.2) is 18.2 Å². The van der Waals surface area contributed by atoms with Gasteiger partial charge in [-0.15, -0.1) is 0 Å². The first-order valence-corrected chi connectivity index (χ1v) is 7.18. The number of aromatic nitrogens is 2. The Morgan fingerprint density at radius 3 is 1.76 bits per heavy atom. The zero-order valence-electron chi connectivity index (χ0n) is 12.3. The van der Waals surface area contributed by atoms with E-state index in [-0.39, 0.29) is 5.92 Å². The molecule has 0 bridgehead atoms. The van der Waals surface area contributed by atoms with E-state index in [1.807, 2.05) is 13.8 Å². The van der Waals surface area contributed by atoms with Crippen LogP contribution in [0.3, 0.4) is 0 Å². The van der Waals surface area contributed by atoms with E-state index >= 15 is 0 Å². The molecule has 0 radical (unpaired) electrons. The molecular formula is C15H16Cl2N2O2. The monoisotopic (exact) mass is 326 g/mol. The first-order chi connectivity index (χ1) is 9.96.